The van der Waals surface area contributed by atoms with Gasteiger partial charge in [-0.1, -0.05) is 6.07 Å². The minimum absolute atomic E-state index is 0.262. The number of aromatic hydroxyl groups is 1. The number of nitrogens with zero attached hydrogens (tertiary/aromatic N) is 2. The Labute approximate surface area is 108 Å². The van der Waals surface area contributed by atoms with Gasteiger partial charge in [0.05, 0.1) is 10.2 Å². The van der Waals surface area contributed by atoms with E-state index in [2.05, 4.69) is 26.3 Å². The van der Waals surface area contributed by atoms with E-state index in [1.807, 2.05) is 31.4 Å². The van der Waals surface area contributed by atoms with E-state index in [4.69, 9.17) is 0 Å². The molecule has 2 rings (SSSR count). The van der Waals surface area contributed by atoms with E-state index in [1.165, 1.54) is 0 Å². The molecule has 0 radical (unpaired) electrons. The third-order valence-corrected chi connectivity index (χ3v) is 3.05. The first kappa shape index (κ1) is 12.1. The SMILES string of the molecule is Cn1ccc(CNCc2ccc(O)c(Br)c2)n1. The van der Waals surface area contributed by atoms with Crippen molar-refractivity contribution in [1.29, 1.82) is 0 Å². The van der Waals surface area contributed by atoms with Crippen LogP contribution in [0.5, 0.6) is 5.75 Å². The Bertz CT molecular complexity index is 510. The van der Waals surface area contributed by atoms with E-state index in [0.717, 1.165) is 28.8 Å². The predicted molar refractivity (Wildman–Crippen MR) is 69.6 cm³/mol. The van der Waals surface area contributed by atoms with Crippen LogP contribution in [-0.4, -0.2) is 14.9 Å². The number of aryl methyl sites for hydroxylation is 1. The van der Waals surface area contributed by atoms with E-state index in [1.54, 1.807) is 10.7 Å². The van der Waals surface area contributed by atoms with Crippen LogP contribution in [0, 0.1) is 0 Å². The molecule has 5 heteroatoms. The van der Waals surface area contributed by atoms with Crippen LogP contribution in [0.25, 0.3) is 0 Å². The molecule has 2 N–H and O–H groups in total. The molecule has 1 aromatic heterocycles. The zero-order valence-corrected chi connectivity index (χ0v) is 11.1. The largest absolute Gasteiger partial charge is 0.507 e. The van der Waals surface area contributed by atoms with Gasteiger partial charge in [0.15, 0.2) is 0 Å². The summed E-state index contributed by atoms with van der Waals surface area (Å²) in [4.78, 5) is 0. The van der Waals surface area contributed by atoms with Gasteiger partial charge in [-0.25, -0.2) is 0 Å². The summed E-state index contributed by atoms with van der Waals surface area (Å²) in [6, 6.07) is 7.47. The zero-order chi connectivity index (χ0) is 12.3. The van der Waals surface area contributed by atoms with Gasteiger partial charge in [0.2, 0.25) is 0 Å². The smallest absolute Gasteiger partial charge is 0.129 e. The van der Waals surface area contributed by atoms with Crippen LogP contribution < -0.4 is 5.32 Å². The highest BCUT2D eigenvalue weighted by atomic mass is 79.9. The Hall–Kier alpha value is -1.33. The van der Waals surface area contributed by atoms with Crippen molar-refractivity contribution in [1.82, 2.24) is 15.1 Å². The van der Waals surface area contributed by atoms with Crippen molar-refractivity contribution in [3.63, 3.8) is 0 Å². The van der Waals surface area contributed by atoms with Crippen molar-refractivity contribution in [3.05, 3.63) is 46.2 Å². The Morgan fingerprint density at radius 2 is 2.18 bits per heavy atom. The van der Waals surface area contributed by atoms with E-state index in [9.17, 15) is 5.11 Å². The van der Waals surface area contributed by atoms with Crippen LogP contribution in [0.4, 0.5) is 0 Å². The first-order chi connectivity index (χ1) is 8.15. The fourth-order valence-electron chi connectivity index (χ4n) is 1.55. The van der Waals surface area contributed by atoms with Crippen LogP contribution in [0.1, 0.15) is 11.3 Å². The predicted octanol–water partition coefficient (Wildman–Crippen LogP) is 2.18. The summed E-state index contributed by atoms with van der Waals surface area (Å²) in [5, 5.41) is 16.9. The maximum atomic E-state index is 9.37. The Morgan fingerprint density at radius 1 is 1.35 bits per heavy atom. The summed E-state index contributed by atoms with van der Waals surface area (Å²) in [5.41, 5.74) is 2.14. The lowest BCUT2D eigenvalue weighted by Crippen LogP contribution is -2.13. The van der Waals surface area contributed by atoms with Gasteiger partial charge < -0.3 is 10.4 Å². The summed E-state index contributed by atoms with van der Waals surface area (Å²) in [6.07, 6.45) is 1.92. The molecule has 90 valence electrons. The Balaban J connectivity index is 1.87. The molecule has 4 nitrogen and oxygen atoms in total. The highest BCUT2D eigenvalue weighted by Crippen LogP contribution is 2.24. The number of rotatable bonds is 4. The lowest BCUT2D eigenvalue weighted by molar-refractivity contribution is 0.471. The fourth-order valence-corrected chi connectivity index (χ4v) is 1.98. The highest BCUT2D eigenvalue weighted by Gasteiger charge is 2.00. The molecule has 2 aromatic rings. The third-order valence-electron chi connectivity index (χ3n) is 2.42. The summed E-state index contributed by atoms with van der Waals surface area (Å²) in [7, 11) is 1.90. The second-order valence-electron chi connectivity index (χ2n) is 3.87. The Kier molecular flexibility index (Phi) is 3.81. The van der Waals surface area contributed by atoms with Gasteiger partial charge in [-0.15, -0.1) is 0 Å². The quantitative estimate of drug-likeness (QED) is 0.909. The molecule has 0 amide bonds. The zero-order valence-electron chi connectivity index (χ0n) is 9.52. The molecule has 0 saturated heterocycles. The molecule has 1 aromatic carbocycles. The van der Waals surface area contributed by atoms with Gasteiger partial charge in [-0.2, -0.15) is 5.10 Å². The maximum absolute atomic E-state index is 9.37. The first-order valence-electron chi connectivity index (χ1n) is 5.32. The molecule has 0 aliphatic heterocycles. The van der Waals surface area contributed by atoms with Gasteiger partial charge in [-0.3, -0.25) is 4.68 Å². The van der Waals surface area contributed by atoms with Crippen LogP contribution >= 0.6 is 15.9 Å². The molecule has 0 unspecified atom stereocenters. The number of benzene rings is 1. The van der Waals surface area contributed by atoms with Crippen molar-refractivity contribution in [2.24, 2.45) is 7.05 Å². The third kappa shape index (κ3) is 3.31. The summed E-state index contributed by atoms with van der Waals surface area (Å²) in [6.45, 7) is 1.48. The van der Waals surface area contributed by atoms with Crippen molar-refractivity contribution in [3.8, 4) is 5.75 Å². The standard InChI is InChI=1S/C12H14BrN3O/c1-16-5-4-10(15-16)8-14-7-9-2-3-12(17)11(13)6-9/h2-6,14,17H,7-8H2,1H3. The highest BCUT2D eigenvalue weighted by molar-refractivity contribution is 9.10. The molecule has 17 heavy (non-hydrogen) atoms. The maximum Gasteiger partial charge on any atom is 0.129 e. The lowest BCUT2D eigenvalue weighted by atomic mass is 10.2. The van der Waals surface area contributed by atoms with Crippen molar-refractivity contribution >= 4 is 15.9 Å². The molecule has 1 heterocycles. The first-order valence-corrected chi connectivity index (χ1v) is 6.11. The van der Waals surface area contributed by atoms with E-state index in [-0.39, 0.29) is 5.75 Å². The summed E-state index contributed by atoms with van der Waals surface area (Å²) >= 11 is 3.29. The van der Waals surface area contributed by atoms with Gasteiger partial charge in [0, 0.05) is 26.3 Å². The van der Waals surface area contributed by atoms with Crippen LogP contribution in [0.3, 0.4) is 0 Å². The lowest BCUT2D eigenvalue weighted by Gasteiger charge is -2.04. The molecule has 0 atom stereocenters. The van der Waals surface area contributed by atoms with Crippen molar-refractivity contribution < 1.29 is 5.11 Å². The van der Waals surface area contributed by atoms with E-state index in [0.29, 0.717) is 0 Å². The Morgan fingerprint density at radius 3 is 2.82 bits per heavy atom. The minimum atomic E-state index is 0.262. The van der Waals surface area contributed by atoms with Crippen LogP contribution in [-0.2, 0) is 20.1 Å². The second kappa shape index (κ2) is 5.33. The molecule has 0 aliphatic rings. The second-order valence-corrected chi connectivity index (χ2v) is 4.72. The molecular formula is C12H14BrN3O. The number of halogens is 1. The van der Waals surface area contributed by atoms with Crippen molar-refractivity contribution in [2.45, 2.75) is 13.1 Å². The average Bonchev–Trinajstić information content (AvgIpc) is 2.70. The molecular weight excluding hydrogens is 282 g/mol. The number of hydrogen-bond acceptors (Lipinski definition) is 3. The molecule has 0 bridgehead atoms. The monoisotopic (exact) mass is 295 g/mol. The number of phenols is 1. The molecule has 0 spiro atoms. The molecule has 0 fully saturated rings. The fraction of sp³-hybridized carbons (Fsp3) is 0.250. The van der Waals surface area contributed by atoms with Gasteiger partial charge >= 0.3 is 0 Å². The number of phenolic OH excluding ortho intramolecular Hbond substituents is 1. The van der Waals surface area contributed by atoms with E-state index < -0.39 is 0 Å². The van der Waals surface area contributed by atoms with Gasteiger partial charge in [-0.05, 0) is 39.7 Å². The van der Waals surface area contributed by atoms with E-state index >= 15 is 0 Å². The number of nitrogens with one attached hydrogen (secondary N) is 1. The molecule has 0 aliphatic carbocycles. The minimum Gasteiger partial charge on any atom is -0.507 e. The van der Waals surface area contributed by atoms with Crippen LogP contribution in [0.2, 0.25) is 0 Å². The van der Waals surface area contributed by atoms with Crippen molar-refractivity contribution in [2.75, 3.05) is 0 Å². The van der Waals surface area contributed by atoms with Crippen LogP contribution in [0.15, 0.2) is 34.9 Å². The van der Waals surface area contributed by atoms with Gasteiger partial charge in [0.1, 0.15) is 5.75 Å². The summed E-state index contributed by atoms with van der Waals surface area (Å²) < 4.78 is 2.50. The average molecular weight is 296 g/mol. The number of hydrogen-bond donors (Lipinski definition) is 2. The molecule has 0 saturated carbocycles. The van der Waals surface area contributed by atoms with Gasteiger partial charge in [0.25, 0.3) is 0 Å². The topological polar surface area (TPSA) is 50.1 Å². The number of aromatic nitrogens is 2. The normalized spacial score (nSPS) is 10.7. The summed E-state index contributed by atoms with van der Waals surface area (Å²) in [5.74, 6) is 0.262.